The van der Waals surface area contributed by atoms with Crippen LogP contribution in [0.15, 0.2) is 40.5 Å². The average molecular weight is 402 g/mol. The molecule has 1 aromatic carbocycles. The molecule has 0 aliphatic carbocycles. The van der Waals surface area contributed by atoms with Gasteiger partial charge in [0.15, 0.2) is 0 Å². The van der Waals surface area contributed by atoms with Crippen molar-refractivity contribution in [2.24, 2.45) is 10.9 Å². The monoisotopic (exact) mass is 402 g/mol. The van der Waals surface area contributed by atoms with Crippen LogP contribution in [0.5, 0.6) is 0 Å². The van der Waals surface area contributed by atoms with E-state index in [0.717, 1.165) is 0 Å². The highest BCUT2D eigenvalue weighted by molar-refractivity contribution is 6.07. The van der Waals surface area contributed by atoms with Crippen LogP contribution in [-0.2, 0) is 23.9 Å². The molecule has 9 nitrogen and oxygen atoms in total. The number of aliphatic imine (C=N–C) groups is 1. The molecule has 1 aliphatic rings. The Kier molecular flexibility index (Phi) is 6.98. The van der Waals surface area contributed by atoms with Gasteiger partial charge in [-0.1, -0.05) is 12.1 Å². The van der Waals surface area contributed by atoms with Crippen molar-refractivity contribution in [3.8, 4) is 0 Å². The molecule has 2 atom stereocenters. The highest BCUT2D eigenvalue weighted by Crippen LogP contribution is 2.40. The number of non-ortho nitro benzene ring substituents is 1. The predicted molar refractivity (Wildman–Crippen MR) is 103 cm³/mol. The number of ether oxygens (including phenoxy) is 2. The van der Waals surface area contributed by atoms with Gasteiger partial charge in [-0.2, -0.15) is 0 Å². The summed E-state index contributed by atoms with van der Waals surface area (Å²) in [4.78, 5) is 51.4. The summed E-state index contributed by atoms with van der Waals surface area (Å²) in [7, 11) is 1.22. The fraction of sp³-hybridized carbons (Fsp3) is 0.400. The average Bonchev–Trinajstić information content (AvgIpc) is 2.66. The maximum atomic E-state index is 12.8. The number of nitro groups is 1. The molecule has 0 spiro atoms. The number of esters is 2. The number of carbonyl (C=O) groups is 3. The van der Waals surface area contributed by atoms with Gasteiger partial charge in [0.05, 0.1) is 24.2 Å². The molecule has 1 aliphatic heterocycles. The SMILES string of the molecule is COC(=O)C1C(C)=NC(C)=C(C(=O)OCCC(C)=O)C1c1cccc([N+](=O)[O-])c1. The first-order valence-electron chi connectivity index (χ1n) is 8.92. The van der Waals surface area contributed by atoms with Crippen LogP contribution >= 0.6 is 0 Å². The van der Waals surface area contributed by atoms with Crippen LogP contribution in [0.25, 0.3) is 0 Å². The first-order chi connectivity index (χ1) is 13.7. The van der Waals surface area contributed by atoms with E-state index < -0.39 is 28.7 Å². The van der Waals surface area contributed by atoms with Crippen molar-refractivity contribution in [3.05, 3.63) is 51.2 Å². The van der Waals surface area contributed by atoms with Gasteiger partial charge in [-0.05, 0) is 26.3 Å². The summed E-state index contributed by atoms with van der Waals surface area (Å²) in [5.41, 5.74) is 1.09. The maximum absolute atomic E-state index is 12.8. The molecule has 0 saturated carbocycles. The van der Waals surface area contributed by atoms with E-state index in [1.165, 1.54) is 32.2 Å². The number of benzene rings is 1. The van der Waals surface area contributed by atoms with E-state index in [1.54, 1.807) is 19.9 Å². The van der Waals surface area contributed by atoms with Gasteiger partial charge in [0.1, 0.15) is 11.7 Å². The Morgan fingerprint density at radius 1 is 1.24 bits per heavy atom. The number of hydrogen-bond donors (Lipinski definition) is 0. The van der Waals surface area contributed by atoms with E-state index in [-0.39, 0.29) is 30.1 Å². The van der Waals surface area contributed by atoms with Crippen LogP contribution in [0, 0.1) is 16.0 Å². The van der Waals surface area contributed by atoms with Crippen LogP contribution in [0.1, 0.15) is 38.7 Å². The van der Waals surface area contributed by atoms with Crippen molar-refractivity contribution >= 4 is 29.1 Å². The fourth-order valence-electron chi connectivity index (χ4n) is 3.29. The highest BCUT2D eigenvalue weighted by Gasteiger charge is 2.42. The number of methoxy groups -OCH3 is 1. The van der Waals surface area contributed by atoms with Crippen molar-refractivity contribution in [1.82, 2.24) is 0 Å². The van der Waals surface area contributed by atoms with Crippen molar-refractivity contribution in [2.75, 3.05) is 13.7 Å². The molecule has 0 bridgehead atoms. The summed E-state index contributed by atoms with van der Waals surface area (Å²) >= 11 is 0. The van der Waals surface area contributed by atoms with Crippen molar-refractivity contribution in [3.63, 3.8) is 0 Å². The smallest absolute Gasteiger partial charge is 0.336 e. The Labute approximate surface area is 167 Å². The van der Waals surface area contributed by atoms with Gasteiger partial charge >= 0.3 is 11.9 Å². The number of hydrogen-bond acceptors (Lipinski definition) is 8. The van der Waals surface area contributed by atoms with E-state index in [0.29, 0.717) is 17.0 Å². The van der Waals surface area contributed by atoms with Gasteiger partial charge < -0.3 is 9.47 Å². The Morgan fingerprint density at radius 3 is 2.52 bits per heavy atom. The van der Waals surface area contributed by atoms with Gasteiger partial charge in [0.2, 0.25) is 0 Å². The summed E-state index contributed by atoms with van der Waals surface area (Å²) in [5, 5.41) is 11.2. The lowest BCUT2D eigenvalue weighted by Crippen LogP contribution is -2.36. The summed E-state index contributed by atoms with van der Waals surface area (Å²) < 4.78 is 10.1. The third-order valence-corrected chi connectivity index (χ3v) is 4.63. The molecule has 1 heterocycles. The molecule has 0 amide bonds. The van der Waals surface area contributed by atoms with Gasteiger partial charge in [0.25, 0.3) is 5.69 Å². The molecule has 2 unspecified atom stereocenters. The second-order valence-corrected chi connectivity index (χ2v) is 6.67. The van der Waals surface area contributed by atoms with Crippen molar-refractivity contribution in [2.45, 2.75) is 33.1 Å². The Hall–Kier alpha value is -3.36. The van der Waals surface area contributed by atoms with Gasteiger partial charge in [-0.25, -0.2) is 4.79 Å². The summed E-state index contributed by atoms with van der Waals surface area (Å²) in [6.45, 7) is 4.50. The summed E-state index contributed by atoms with van der Waals surface area (Å²) in [5.74, 6) is -3.30. The lowest BCUT2D eigenvalue weighted by atomic mass is 9.75. The molecular formula is C20H22N2O7. The molecule has 0 radical (unpaired) electrons. The quantitative estimate of drug-likeness (QED) is 0.390. The number of carbonyl (C=O) groups excluding carboxylic acids is 3. The predicted octanol–water partition coefficient (Wildman–Crippen LogP) is 2.74. The van der Waals surface area contributed by atoms with Crippen LogP contribution in [0.3, 0.4) is 0 Å². The molecule has 2 rings (SSSR count). The number of nitro benzene ring substituents is 1. The Morgan fingerprint density at radius 2 is 1.93 bits per heavy atom. The molecular weight excluding hydrogens is 380 g/mol. The molecule has 0 fully saturated rings. The second kappa shape index (κ2) is 9.22. The van der Waals surface area contributed by atoms with E-state index in [4.69, 9.17) is 9.47 Å². The Bertz CT molecular complexity index is 917. The van der Waals surface area contributed by atoms with Gasteiger partial charge in [-0.15, -0.1) is 0 Å². The largest absolute Gasteiger partial charge is 0.468 e. The lowest BCUT2D eigenvalue weighted by molar-refractivity contribution is -0.384. The number of allylic oxidation sites excluding steroid dienone is 1. The second-order valence-electron chi connectivity index (χ2n) is 6.67. The molecule has 9 heteroatoms. The first-order valence-corrected chi connectivity index (χ1v) is 8.92. The minimum Gasteiger partial charge on any atom is -0.468 e. The minimum absolute atomic E-state index is 0.0578. The number of nitrogens with zero attached hydrogens (tertiary/aromatic N) is 2. The maximum Gasteiger partial charge on any atom is 0.336 e. The normalized spacial score (nSPS) is 18.7. The van der Waals surface area contributed by atoms with Crippen molar-refractivity contribution in [1.29, 1.82) is 0 Å². The van der Waals surface area contributed by atoms with Crippen LogP contribution in [0.4, 0.5) is 5.69 Å². The molecule has 0 N–H and O–H groups in total. The van der Waals surface area contributed by atoms with E-state index >= 15 is 0 Å². The Balaban J connectivity index is 2.56. The van der Waals surface area contributed by atoms with Gasteiger partial charge in [-0.3, -0.25) is 24.7 Å². The molecule has 154 valence electrons. The van der Waals surface area contributed by atoms with E-state index in [1.807, 2.05) is 0 Å². The zero-order chi connectivity index (χ0) is 21.7. The third-order valence-electron chi connectivity index (χ3n) is 4.63. The van der Waals surface area contributed by atoms with E-state index in [9.17, 15) is 24.5 Å². The summed E-state index contributed by atoms with van der Waals surface area (Å²) in [6, 6.07) is 5.72. The first kappa shape index (κ1) is 21.9. The van der Waals surface area contributed by atoms with Crippen LogP contribution < -0.4 is 0 Å². The zero-order valence-corrected chi connectivity index (χ0v) is 16.6. The standard InChI is InChI=1S/C20H22N2O7/c1-11(23)8-9-29-20(25)17-13(3)21-12(2)16(19(24)28-4)18(17)14-6-5-7-15(10-14)22(26)27/h5-7,10,16,18H,8-9H2,1-4H3. The molecule has 29 heavy (non-hydrogen) atoms. The molecule has 0 aromatic heterocycles. The number of rotatable bonds is 7. The lowest BCUT2D eigenvalue weighted by Gasteiger charge is -2.31. The third kappa shape index (κ3) is 4.92. The minimum atomic E-state index is -0.943. The van der Waals surface area contributed by atoms with Crippen LogP contribution in [0.2, 0.25) is 0 Å². The fourth-order valence-corrected chi connectivity index (χ4v) is 3.29. The molecule has 1 aromatic rings. The van der Waals surface area contributed by atoms with Gasteiger partial charge in [0, 0.05) is 35.9 Å². The van der Waals surface area contributed by atoms with Crippen LogP contribution in [-0.4, -0.2) is 42.1 Å². The molecule has 0 saturated heterocycles. The van der Waals surface area contributed by atoms with Crippen molar-refractivity contribution < 1.29 is 28.8 Å². The topological polar surface area (TPSA) is 125 Å². The van der Waals surface area contributed by atoms with E-state index in [2.05, 4.69) is 4.99 Å². The zero-order valence-electron chi connectivity index (χ0n) is 16.6. The number of Topliss-reactive ketones (excluding diaryl/α,β-unsaturated/α-hetero) is 1. The highest BCUT2D eigenvalue weighted by atomic mass is 16.6. The number of ketones is 1. The summed E-state index contributed by atoms with van der Waals surface area (Å²) in [6.07, 6.45) is 0.0578.